The van der Waals surface area contributed by atoms with Crippen LogP contribution in [0.15, 0.2) is 52.8 Å². The van der Waals surface area contributed by atoms with Crippen molar-refractivity contribution in [2.45, 2.75) is 13.8 Å². The van der Waals surface area contributed by atoms with E-state index in [-0.39, 0.29) is 5.75 Å². The number of hydrogen-bond donors (Lipinski definition) is 1. The quantitative estimate of drug-likeness (QED) is 0.710. The summed E-state index contributed by atoms with van der Waals surface area (Å²) in [5.74, 6) is 0.779. The van der Waals surface area contributed by atoms with E-state index < -0.39 is 0 Å². The predicted molar refractivity (Wildman–Crippen MR) is 76.9 cm³/mol. The van der Waals surface area contributed by atoms with Crippen LogP contribution in [0, 0.1) is 13.8 Å². The smallest absolute Gasteiger partial charge is 0.182 e. The van der Waals surface area contributed by atoms with E-state index in [1.807, 2.05) is 36.6 Å². The maximum atomic E-state index is 9.68. The summed E-state index contributed by atoms with van der Waals surface area (Å²) in [5.41, 5.74) is 3.23. The van der Waals surface area contributed by atoms with E-state index in [1.54, 1.807) is 24.3 Å². The molecule has 3 rings (SSSR count). The molecular weight excluding hydrogens is 252 g/mol. The van der Waals surface area contributed by atoms with Crippen molar-refractivity contribution in [2.75, 3.05) is 0 Å². The monoisotopic (exact) mass is 266 g/mol. The highest BCUT2D eigenvalue weighted by Crippen LogP contribution is 2.28. The Morgan fingerprint density at radius 3 is 2.70 bits per heavy atom. The molecule has 3 aromatic rings. The van der Waals surface area contributed by atoms with Gasteiger partial charge >= 0.3 is 0 Å². The molecule has 0 atom stereocenters. The molecule has 0 saturated heterocycles. The van der Waals surface area contributed by atoms with Gasteiger partial charge in [0.05, 0.1) is 5.69 Å². The number of pyridine rings is 1. The van der Waals surface area contributed by atoms with Crippen molar-refractivity contribution in [3.8, 4) is 5.75 Å². The number of phenols is 1. The SMILES string of the molecule is Cc1ccn2c(N=Nc3ccccc3O)c(C)nc2c1. The van der Waals surface area contributed by atoms with Gasteiger partial charge in [-0.05, 0) is 43.7 Å². The molecule has 0 bridgehead atoms. The second kappa shape index (κ2) is 4.77. The molecular formula is C15H14N4O. The number of phenolic OH excluding ortho intramolecular Hbond substituents is 1. The molecule has 0 aliphatic rings. The normalized spacial score (nSPS) is 11.5. The standard InChI is InChI=1S/C15H14N4O/c1-10-7-8-19-14(9-10)16-11(2)15(19)18-17-12-5-3-4-6-13(12)20/h3-9,20H,1-2H3. The van der Waals surface area contributed by atoms with Crippen LogP contribution < -0.4 is 0 Å². The summed E-state index contributed by atoms with van der Waals surface area (Å²) in [6.45, 7) is 3.91. The van der Waals surface area contributed by atoms with Crippen LogP contribution in [0.5, 0.6) is 5.75 Å². The summed E-state index contributed by atoms with van der Waals surface area (Å²) in [6, 6.07) is 10.8. The Morgan fingerprint density at radius 2 is 1.90 bits per heavy atom. The fourth-order valence-corrected chi connectivity index (χ4v) is 2.02. The molecule has 0 unspecified atom stereocenters. The molecule has 0 spiro atoms. The minimum Gasteiger partial charge on any atom is -0.506 e. The zero-order valence-corrected chi connectivity index (χ0v) is 11.3. The number of hydrogen-bond acceptors (Lipinski definition) is 4. The number of aryl methyl sites for hydroxylation is 2. The third-order valence-electron chi connectivity index (χ3n) is 3.06. The van der Waals surface area contributed by atoms with Gasteiger partial charge in [-0.2, -0.15) is 0 Å². The summed E-state index contributed by atoms with van der Waals surface area (Å²) in [4.78, 5) is 4.46. The van der Waals surface area contributed by atoms with E-state index in [2.05, 4.69) is 15.2 Å². The Hall–Kier alpha value is -2.69. The first-order chi connectivity index (χ1) is 9.65. The lowest BCUT2D eigenvalue weighted by molar-refractivity contribution is 0.476. The van der Waals surface area contributed by atoms with Crippen LogP contribution in [0.4, 0.5) is 11.5 Å². The molecule has 20 heavy (non-hydrogen) atoms. The van der Waals surface area contributed by atoms with Gasteiger partial charge in [-0.25, -0.2) is 4.98 Å². The maximum absolute atomic E-state index is 9.68. The first-order valence-electron chi connectivity index (χ1n) is 6.30. The average molecular weight is 266 g/mol. The number of nitrogens with zero attached hydrogens (tertiary/aromatic N) is 4. The molecule has 0 aliphatic carbocycles. The second-order valence-corrected chi connectivity index (χ2v) is 4.64. The second-order valence-electron chi connectivity index (χ2n) is 4.64. The average Bonchev–Trinajstić information content (AvgIpc) is 2.73. The molecule has 100 valence electrons. The number of imidazole rings is 1. The first-order valence-corrected chi connectivity index (χ1v) is 6.30. The number of benzene rings is 1. The van der Waals surface area contributed by atoms with E-state index in [0.717, 1.165) is 16.9 Å². The molecule has 2 heterocycles. The summed E-state index contributed by atoms with van der Waals surface area (Å²) < 4.78 is 1.88. The number of aromatic hydroxyl groups is 1. The molecule has 0 amide bonds. The number of para-hydroxylation sites is 1. The van der Waals surface area contributed by atoms with Gasteiger partial charge in [-0.15, -0.1) is 10.2 Å². The Bertz CT molecular complexity index is 805. The lowest BCUT2D eigenvalue weighted by atomic mass is 10.3. The highest BCUT2D eigenvalue weighted by atomic mass is 16.3. The fraction of sp³-hybridized carbons (Fsp3) is 0.133. The molecule has 0 fully saturated rings. The van der Waals surface area contributed by atoms with Crippen molar-refractivity contribution in [3.05, 3.63) is 53.9 Å². The number of rotatable bonds is 2. The number of azo groups is 1. The molecule has 1 aromatic carbocycles. The van der Waals surface area contributed by atoms with Crippen LogP contribution in [0.25, 0.3) is 5.65 Å². The van der Waals surface area contributed by atoms with E-state index in [0.29, 0.717) is 11.5 Å². The van der Waals surface area contributed by atoms with Crippen molar-refractivity contribution in [1.29, 1.82) is 0 Å². The third kappa shape index (κ3) is 2.14. The molecule has 0 radical (unpaired) electrons. The van der Waals surface area contributed by atoms with Crippen molar-refractivity contribution < 1.29 is 5.11 Å². The zero-order chi connectivity index (χ0) is 14.1. The van der Waals surface area contributed by atoms with Crippen LogP contribution in [-0.4, -0.2) is 14.5 Å². The third-order valence-corrected chi connectivity index (χ3v) is 3.06. The molecule has 2 aromatic heterocycles. The Balaban J connectivity index is 2.07. The van der Waals surface area contributed by atoms with Crippen LogP contribution in [0.1, 0.15) is 11.3 Å². The molecule has 0 saturated carbocycles. The van der Waals surface area contributed by atoms with Crippen molar-refractivity contribution in [1.82, 2.24) is 9.38 Å². The molecule has 0 aliphatic heterocycles. The van der Waals surface area contributed by atoms with E-state index in [1.165, 1.54) is 0 Å². The predicted octanol–water partition coefficient (Wildman–Crippen LogP) is 4.07. The van der Waals surface area contributed by atoms with Gasteiger partial charge in [0.25, 0.3) is 0 Å². The molecule has 5 heteroatoms. The van der Waals surface area contributed by atoms with Crippen molar-refractivity contribution in [3.63, 3.8) is 0 Å². The van der Waals surface area contributed by atoms with Crippen molar-refractivity contribution in [2.24, 2.45) is 10.2 Å². The molecule has 5 nitrogen and oxygen atoms in total. The summed E-state index contributed by atoms with van der Waals surface area (Å²) in [5, 5.41) is 18.0. The zero-order valence-electron chi connectivity index (χ0n) is 11.3. The van der Waals surface area contributed by atoms with Gasteiger partial charge < -0.3 is 5.11 Å². The Morgan fingerprint density at radius 1 is 1.10 bits per heavy atom. The van der Waals surface area contributed by atoms with E-state index in [9.17, 15) is 5.11 Å². The number of fused-ring (bicyclic) bond motifs is 1. The summed E-state index contributed by atoms with van der Waals surface area (Å²) in [7, 11) is 0. The van der Waals surface area contributed by atoms with Gasteiger partial charge in [0.1, 0.15) is 17.1 Å². The summed E-state index contributed by atoms with van der Waals surface area (Å²) >= 11 is 0. The minimum absolute atomic E-state index is 0.110. The Kier molecular flexibility index (Phi) is 2.95. The maximum Gasteiger partial charge on any atom is 0.182 e. The lowest BCUT2D eigenvalue weighted by Gasteiger charge is -1.98. The van der Waals surface area contributed by atoms with Crippen LogP contribution in [-0.2, 0) is 0 Å². The van der Waals surface area contributed by atoms with Crippen molar-refractivity contribution >= 4 is 17.2 Å². The minimum atomic E-state index is 0.110. The molecule has 1 N–H and O–H groups in total. The van der Waals surface area contributed by atoms with Gasteiger partial charge in [0.2, 0.25) is 0 Å². The van der Waals surface area contributed by atoms with Gasteiger partial charge in [-0.1, -0.05) is 12.1 Å². The van der Waals surface area contributed by atoms with Gasteiger partial charge in [0, 0.05) is 6.20 Å². The van der Waals surface area contributed by atoms with Crippen LogP contribution >= 0.6 is 0 Å². The highest BCUT2D eigenvalue weighted by molar-refractivity contribution is 5.54. The Labute approximate surface area is 116 Å². The highest BCUT2D eigenvalue weighted by Gasteiger charge is 2.08. The van der Waals surface area contributed by atoms with Gasteiger partial charge in [-0.3, -0.25) is 4.40 Å². The van der Waals surface area contributed by atoms with Crippen LogP contribution in [0.2, 0.25) is 0 Å². The largest absolute Gasteiger partial charge is 0.506 e. The van der Waals surface area contributed by atoms with Gasteiger partial charge in [0.15, 0.2) is 5.82 Å². The van der Waals surface area contributed by atoms with E-state index >= 15 is 0 Å². The topological polar surface area (TPSA) is 62.2 Å². The fourth-order valence-electron chi connectivity index (χ4n) is 2.02. The van der Waals surface area contributed by atoms with E-state index in [4.69, 9.17) is 0 Å². The number of aromatic nitrogens is 2. The van der Waals surface area contributed by atoms with Crippen LogP contribution in [0.3, 0.4) is 0 Å². The lowest BCUT2D eigenvalue weighted by Crippen LogP contribution is -1.83. The first kappa shape index (κ1) is 12.3. The summed E-state index contributed by atoms with van der Waals surface area (Å²) in [6.07, 6.45) is 1.92.